The van der Waals surface area contributed by atoms with E-state index in [9.17, 15) is 4.79 Å². The molecular weight excluding hydrogens is 224 g/mol. The molecule has 3 nitrogen and oxygen atoms in total. The Morgan fingerprint density at radius 1 is 1.33 bits per heavy atom. The van der Waals surface area contributed by atoms with E-state index in [0.29, 0.717) is 12.0 Å². The largest absolute Gasteiger partial charge is 0.319 e. The first kappa shape index (κ1) is 12.7. The van der Waals surface area contributed by atoms with Crippen LogP contribution in [-0.4, -0.2) is 16.3 Å². The van der Waals surface area contributed by atoms with Gasteiger partial charge in [0.15, 0.2) is 5.78 Å². The Kier molecular flexibility index (Phi) is 3.43. The summed E-state index contributed by atoms with van der Waals surface area (Å²) >= 11 is 0. The van der Waals surface area contributed by atoms with Gasteiger partial charge in [-0.3, -0.25) is 9.78 Å². The van der Waals surface area contributed by atoms with Gasteiger partial charge in [0.25, 0.3) is 0 Å². The lowest BCUT2D eigenvalue weighted by atomic mass is 9.87. The number of pyridine rings is 1. The van der Waals surface area contributed by atoms with E-state index < -0.39 is 5.54 Å². The molecule has 0 aliphatic carbocycles. The molecule has 0 fully saturated rings. The number of carbonyl (C=O) groups is 1. The van der Waals surface area contributed by atoms with Gasteiger partial charge in [-0.2, -0.15) is 0 Å². The van der Waals surface area contributed by atoms with Crippen molar-refractivity contribution < 1.29 is 4.79 Å². The fraction of sp³-hybridized carbons (Fsp3) is 0.333. The second-order valence-corrected chi connectivity index (χ2v) is 4.88. The predicted molar refractivity (Wildman–Crippen MR) is 73.6 cm³/mol. The third-order valence-electron chi connectivity index (χ3n) is 3.17. The first-order valence-corrected chi connectivity index (χ1v) is 6.23. The molecule has 0 saturated heterocycles. The lowest BCUT2D eigenvalue weighted by Gasteiger charge is -2.22. The van der Waals surface area contributed by atoms with Crippen LogP contribution in [0.4, 0.5) is 0 Å². The topological polar surface area (TPSA) is 56.0 Å². The highest BCUT2D eigenvalue weighted by atomic mass is 16.1. The van der Waals surface area contributed by atoms with Crippen LogP contribution in [0.15, 0.2) is 36.5 Å². The van der Waals surface area contributed by atoms with Crippen LogP contribution in [0.5, 0.6) is 0 Å². The van der Waals surface area contributed by atoms with Gasteiger partial charge in [0, 0.05) is 17.1 Å². The van der Waals surface area contributed by atoms with Crippen LogP contribution in [0.25, 0.3) is 10.9 Å². The number of para-hydroxylation sites is 1. The molecule has 94 valence electrons. The maximum absolute atomic E-state index is 12.5. The van der Waals surface area contributed by atoms with Gasteiger partial charge >= 0.3 is 0 Å². The van der Waals surface area contributed by atoms with Crippen LogP contribution in [0.1, 0.15) is 37.0 Å². The Labute approximate surface area is 107 Å². The number of nitrogens with zero attached hydrogens (tertiary/aromatic N) is 1. The average Bonchev–Trinajstić information content (AvgIpc) is 2.37. The number of ketones is 1. The van der Waals surface area contributed by atoms with Gasteiger partial charge in [0.1, 0.15) is 0 Å². The van der Waals surface area contributed by atoms with Crippen molar-refractivity contribution in [3.05, 3.63) is 42.1 Å². The summed E-state index contributed by atoms with van der Waals surface area (Å²) in [5.41, 5.74) is 6.65. The average molecular weight is 242 g/mol. The first-order chi connectivity index (χ1) is 8.56. The number of hydrogen-bond donors (Lipinski definition) is 1. The van der Waals surface area contributed by atoms with Crippen molar-refractivity contribution in [2.75, 3.05) is 0 Å². The Hall–Kier alpha value is -1.74. The summed E-state index contributed by atoms with van der Waals surface area (Å²) in [7, 11) is 0. The van der Waals surface area contributed by atoms with Gasteiger partial charge in [0.05, 0.1) is 11.1 Å². The molecule has 3 heteroatoms. The lowest BCUT2D eigenvalue weighted by molar-refractivity contribution is 0.0894. The molecule has 0 aliphatic heterocycles. The molecule has 1 atom stereocenters. The zero-order valence-electron chi connectivity index (χ0n) is 10.8. The van der Waals surface area contributed by atoms with Gasteiger partial charge < -0.3 is 5.73 Å². The van der Waals surface area contributed by atoms with Crippen LogP contribution >= 0.6 is 0 Å². The molecule has 2 aromatic rings. The summed E-state index contributed by atoms with van der Waals surface area (Å²) in [5, 5.41) is 0.968. The summed E-state index contributed by atoms with van der Waals surface area (Å²) < 4.78 is 0. The normalized spacial score (nSPS) is 14.4. The van der Waals surface area contributed by atoms with Crippen molar-refractivity contribution >= 4 is 16.7 Å². The molecule has 2 rings (SSSR count). The van der Waals surface area contributed by atoms with E-state index in [1.807, 2.05) is 31.2 Å². The second kappa shape index (κ2) is 4.86. The van der Waals surface area contributed by atoms with Crippen molar-refractivity contribution in [3.8, 4) is 0 Å². The van der Waals surface area contributed by atoms with Gasteiger partial charge in [-0.25, -0.2) is 0 Å². The van der Waals surface area contributed by atoms with Crippen molar-refractivity contribution in [3.63, 3.8) is 0 Å². The SMILES string of the molecule is CCCC(C)(N)C(=O)c1cccc2cccnc12. The molecule has 0 spiro atoms. The Morgan fingerprint density at radius 2 is 2.06 bits per heavy atom. The van der Waals surface area contributed by atoms with Crippen LogP contribution in [0, 0.1) is 0 Å². The Bertz CT molecular complexity index is 570. The van der Waals surface area contributed by atoms with Gasteiger partial charge in [0.2, 0.25) is 0 Å². The number of fused-ring (bicyclic) bond motifs is 1. The molecule has 1 heterocycles. The first-order valence-electron chi connectivity index (χ1n) is 6.23. The molecular formula is C15H18N2O. The van der Waals surface area contributed by atoms with Crippen LogP contribution in [-0.2, 0) is 0 Å². The molecule has 0 radical (unpaired) electrons. The number of benzene rings is 1. The molecule has 2 N–H and O–H groups in total. The maximum Gasteiger partial charge on any atom is 0.184 e. The third kappa shape index (κ3) is 2.27. The fourth-order valence-corrected chi connectivity index (χ4v) is 2.23. The molecule has 18 heavy (non-hydrogen) atoms. The number of carbonyl (C=O) groups excluding carboxylic acids is 1. The number of Topliss-reactive ketones (excluding diaryl/α,β-unsaturated/α-hetero) is 1. The standard InChI is InChI=1S/C15H18N2O/c1-3-9-15(2,16)14(18)12-8-4-6-11-7-5-10-17-13(11)12/h4-8,10H,3,9,16H2,1-2H3. The number of aromatic nitrogens is 1. The minimum atomic E-state index is -0.819. The zero-order valence-corrected chi connectivity index (χ0v) is 10.8. The van der Waals surface area contributed by atoms with E-state index in [1.54, 1.807) is 19.2 Å². The smallest absolute Gasteiger partial charge is 0.184 e. The van der Waals surface area contributed by atoms with Crippen LogP contribution in [0.2, 0.25) is 0 Å². The summed E-state index contributed by atoms with van der Waals surface area (Å²) in [6.45, 7) is 3.82. The predicted octanol–water partition coefficient (Wildman–Crippen LogP) is 2.94. The van der Waals surface area contributed by atoms with E-state index >= 15 is 0 Å². The second-order valence-electron chi connectivity index (χ2n) is 4.88. The van der Waals surface area contributed by atoms with Crippen LogP contribution < -0.4 is 5.73 Å². The minimum absolute atomic E-state index is 0.0337. The summed E-state index contributed by atoms with van der Waals surface area (Å²) in [6, 6.07) is 9.45. The number of nitrogens with two attached hydrogens (primary N) is 1. The molecule has 0 aliphatic rings. The van der Waals surface area contributed by atoms with Crippen LogP contribution in [0.3, 0.4) is 0 Å². The number of rotatable bonds is 4. The summed E-state index contributed by atoms with van der Waals surface area (Å²) in [5.74, 6) is -0.0337. The van der Waals surface area contributed by atoms with E-state index in [4.69, 9.17) is 5.73 Å². The monoisotopic (exact) mass is 242 g/mol. The third-order valence-corrected chi connectivity index (χ3v) is 3.17. The molecule has 0 saturated carbocycles. The summed E-state index contributed by atoms with van der Waals surface area (Å²) in [6.07, 6.45) is 3.26. The van der Waals surface area contributed by atoms with Crippen molar-refractivity contribution in [1.29, 1.82) is 0 Å². The van der Waals surface area contributed by atoms with Crippen molar-refractivity contribution in [1.82, 2.24) is 4.98 Å². The molecule has 1 aromatic carbocycles. The molecule has 0 amide bonds. The minimum Gasteiger partial charge on any atom is -0.319 e. The van der Waals surface area contributed by atoms with Crippen molar-refractivity contribution in [2.24, 2.45) is 5.73 Å². The van der Waals surface area contributed by atoms with E-state index in [0.717, 1.165) is 17.3 Å². The fourth-order valence-electron chi connectivity index (χ4n) is 2.23. The van der Waals surface area contributed by atoms with Crippen molar-refractivity contribution in [2.45, 2.75) is 32.2 Å². The highest BCUT2D eigenvalue weighted by molar-refractivity contribution is 6.10. The van der Waals surface area contributed by atoms with E-state index in [1.165, 1.54) is 0 Å². The lowest BCUT2D eigenvalue weighted by Crippen LogP contribution is -2.44. The highest BCUT2D eigenvalue weighted by Crippen LogP contribution is 2.22. The number of hydrogen-bond acceptors (Lipinski definition) is 3. The summed E-state index contributed by atoms with van der Waals surface area (Å²) in [4.78, 5) is 16.8. The molecule has 1 aromatic heterocycles. The van der Waals surface area contributed by atoms with Gasteiger partial charge in [-0.15, -0.1) is 0 Å². The Morgan fingerprint density at radius 3 is 2.78 bits per heavy atom. The van der Waals surface area contributed by atoms with E-state index in [2.05, 4.69) is 4.98 Å². The Balaban J connectivity index is 2.51. The molecule has 0 bridgehead atoms. The quantitative estimate of drug-likeness (QED) is 0.839. The molecule has 1 unspecified atom stereocenters. The van der Waals surface area contributed by atoms with E-state index in [-0.39, 0.29) is 5.78 Å². The van der Waals surface area contributed by atoms with Gasteiger partial charge in [-0.1, -0.05) is 31.5 Å². The highest BCUT2D eigenvalue weighted by Gasteiger charge is 2.29. The zero-order chi connectivity index (χ0) is 13.2. The maximum atomic E-state index is 12.5. The van der Waals surface area contributed by atoms with Gasteiger partial charge in [-0.05, 0) is 25.5 Å².